The fraction of sp³-hybridized carbons (Fsp3) is 0.333. The number of aryl methyl sites for hydroxylation is 6. The molecule has 0 radical (unpaired) electrons. The first-order chi connectivity index (χ1) is 12.8. The minimum absolute atomic E-state index is 0.431. The first-order valence-corrected chi connectivity index (χ1v) is 8.69. The van der Waals surface area contributed by atoms with Gasteiger partial charge in [0.25, 0.3) is 17.8 Å². The van der Waals surface area contributed by atoms with Gasteiger partial charge in [-0.25, -0.2) is 14.0 Å². The average molecular weight is 363 g/mol. The lowest BCUT2D eigenvalue weighted by Gasteiger charge is -2.10. The van der Waals surface area contributed by atoms with Crippen molar-refractivity contribution in [2.45, 2.75) is 41.5 Å². The van der Waals surface area contributed by atoms with Crippen LogP contribution in [0.3, 0.4) is 0 Å². The summed E-state index contributed by atoms with van der Waals surface area (Å²) in [5.74, 6) is 1.29. The highest BCUT2D eigenvalue weighted by atomic mass is 15.5. The summed E-state index contributed by atoms with van der Waals surface area (Å²) in [4.78, 5) is 13.9. The maximum Gasteiger partial charge on any atom is 0.257 e. The van der Waals surface area contributed by atoms with Crippen LogP contribution in [0.2, 0.25) is 0 Å². The Labute approximate surface area is 156 Å². The minimum Gasteiger partial charge on any atom is -0.203 e. The molecule has 27 heavy (non-hydrogen) atoms. The average Bonchev–Trinajstić information content (AvgIpc) is 3.23. The van der Waals surface area contributed by atoms with Gasteiger partial charge in [0.15, 0.2) is 0 Å². The second-order valence-corrected chi connectivity index (χ2v) is 6.75. The molecule has 9 nitrogen and oxygen atoms in total. The zero-order chi connectivity index (χ0) is 19.3. The molecule has 0 bridgehead atoms. The molecule has 0 fully saturated rings. The van der Waals surface area contributed by atoms with Crippen molar-refractivity contribution in [2.24, 2.45) is 0 Å². The second-order valence-electron chi connectivity index (χ2n) is 6.75. The molecule has 0 aliphatic heterocycles. The van der Waals surface area contributed by atoms with Crippen molar-refractivity contribution in [3.63, 3.8) is 0 Å². The van der Waals surface area contributed by atoms with E-state index in [2.05, 4.69) is 30.2 Å². The Hall–Kier alpha value is -3.36. The maximum absolute atomic E-state index is 4.62. The topological polar surface area (TPSA) is 92.1 Å². The molecule has 0 atom stereocenters. The van der Waals surface area contributed by atoms with Gasteiger partial charge in [0.05, 0.1) is 17.1 Å². The Morgan fingerprint density at radius 3 is 0.926 bits per heavy atom. The van der Waals surface area contributed by atoms with E-state index in [0.717, 1.165) is 34.2 Å². The molecule has 0 aliphatic rings. The van der Waals surface area contributed by atoms with E-state index in [-0.39, 0.29) is 0 Å². The van der Waals surface area contributed by atoms with Crippen molar-refractivity contribution >= 4 is 0 Å². The van der Waals surface area contributed by atoms with Crippen molar-refractivity contribution in [1.82, 2.24) is 44.3 Å². The molecule has 0 aromatic carbocycles. The van der Waals surface area contributed by atoms with Gasteiger partial charge in [0, 0.05) is 17.1 Å². The molecule has 4 aromatic rings. The van der Waals surface area contributed by atoms with Crippen molar-refractivity contribution in [3.05, 3.63) is 52.4 Å². The lowest BCUT2D eigenvalue weighted by molar-refractivity contribution is 0.682. The SMILES string of the molecule is Cc1cc(C)n(-c2nc(-n3nc(C)cc3C)nc(-n3nc(C)cc3C)n2)n1. The molecular weight excluding hydrogens is 342 g/mol. The first-order valence-electron chi connectivity index (χ1n) is 8.69. The van der Waals surface area contributed by atoms with E-state index in [1.165, 1.54) is 0 Å². The first kappa shape index (κ1) is 17.1. The van der Waals surface area contributed by atoms with E-state index >= 15 is 0 Å². The van der Waals surface area contributed by atoms with E-state index in [9.17, 15) is 0 Å². The summed E-state index contributed by atoms with van der Waals surface area (Å²) in [7, 11) is 0. The molecule has 0 spiro atoms. The third kappa shape index (κ3) is 3.01. The predicted octanol–water partition coefficient (Wildman–Crippen LogP) is 2.28. The van der Waals surface area contributed by atoms with Gasteiger partial charge in [-0.05, 0) is 59.7 Å². The zero-order valence-corrected chi connectivity index (χ0v) is 16.3. The monoisotopic (exact) mass is 363 g/mol. The molecule has 138 valence electrons. The fourth-order valence-electron chi connectivity index (χ4n) is 3.12. The lowest BCUT2D eigenvalue weighted by Crippen LogP contribution is -2.16. The zero-order valence-electron chi connectivity index (χ0n) is 16.3. The van der Waals surface area contributed by atoms with Gasteiger partial charge < -0.3 is 0 Å². The third-order valence-corrected chi connectivity index (χ3v) is 4.20. The Bertz CT molecular complexity index is 990. The molecule has 0 amide bonds. The van der Waals surface area contributed by atoms with E-state index in [4.69, 9.17) is 0 Å². The minimum atomic E-state index is 0.431. The maximum atomic E-state index is 4.62. The fourth-order valence-corrected chi connectivity index (χ4v) is 3.12. The van der Waals surface area contributed by atoms with E-state index in [1.54, 1.807) is 14.0 Å². The highest BCUT2D eigenvalue weighted by Crippen LogP contribution is 2.15. The smallest absolute Gasteiger partial charge is 0.203 e. The molecule has 9 heteroatoms. The molecule has 0 unspecified atom stereocenters. The van der Waals surface area contributed by atoms with Crippen molar-refractivity contribution in [3.8, 4) is 17.8 Å². The Balaban J connectivity index is 1.98. The van der Waals surface area contributed by atoms with Gasteiger partial charge in [-0.3, -0.25) is 0 Å². The number of nitrogens with zero attached hydrogens (tertiary/aromatic N) is 9. The molecule has 0 aliphatic carbocycles. The summed E-state index contributed by atoms with van der Waals surface area (Å²) < 4.78 is 5.13. The Morgan fingerprint density at radius 1 is 0.481 bits per heavy atom. The molecule has 0 saturated carbocycles. The quantitative estimate of drug-likeness (QED) is 0.554. The van der Waals surface area contributed by atoms with Crippen molar-refractivity contribution < 1.29 is 0 Å². The number of rotatable bonds is 3. The molecular formula is C18H21N9. The van der Waals surface area contributed by atoms with Crippen molar-refractivity contribution in [2.75, 3.05) is 0 Å². The standard InChI is InChI=1S/C18H21N9/c1-10-7-13(4)25(22-10)16-19-17(26-14(5)8-11(2)23-26)21-18(20-16)27-15(6)9-12(3)24-27/h7-9H,1-6H3. The third-order valence-electron chi connectivity index (χ3n) is 4.20. The predicted molar refractivity (Wildman–Crippen MR) is 99.6 cm³/mol. The number of hydrogen-bond donors (Lipinski definition) is 0. The summed E-state index contributed by atoms with van der Waals surface area (Å²) in [6, 6.07) is 5.95. The Kier molecular flexibility index (Phi) is 3.87. The molecule has 4 aromatic heterocycles. The lowest BCUT2D eigenvalue weighted by atomic mass is 10.4. The van der Waals surface area contributed by atoms with Gasteiger partial charge >= 0.3 is 0 Å². The molecule has 0 N–H and O–H groups in total. The van der Waals surface area contributed by atoms with Crippen LogP contribution in [0, 0.1) is 41.5 Å². The van der Waals surface area contributed by atoms with Gasteiger partial charge in [-0.1, -0.05) is 0 Å². The van der Waals surface area contributed by atoms with Crippen LogP contribution >= 0.6 is 0 Å². The summed E-state index contributed by atoms with van der Waals surface area (Å²) in [6.45, 7) is 11.7. The van der Waals surface area contributed by atoms with E-state index in [0.29, 0.717) is 17.8 Å². The van der Waals surface area contributed by atoms with Crippen LogP contribution in [0.4, 0.5) is 0 Å². The van der Waals surface area contributed by atoms with Crippen molar-refractivity contribution in [1.29, 1.82) is 0 Å². The second kappa shape index (κ2) is 6.11. The van der Waals surface area contributed by atoms with Crippen LogP contribution in [0.25, 0.3) is 17.8 Å². The van der Waals surface area contributed by atoms with E-state index < -0.39 is 0 Å². The Morgan fingerprint density at radius 2 is 0.741 bits per heavy atom. The molecule has 4 heterocycles. The van der Waals surface area contributed by atoms with Gasteiger partial charge in [0.2, 0.25) is 0 Å². The summed E-state index contributed by atoms with van der Waals surface area (Å²) >= 11 is 0. The van der Waals surface area contributed by atoms with Crippen LogP contribution in [0.1, 0.15) is 34.2 Å². The number of hydrogen-bond acceptors (Lipinski definition) is 6. The van der Waals surface area contributed by atoms with Crippen LogP contribution in [0.5, 0.6) is 0 Å². The van der Waals surface area contributed by atoms with Crippen LogP contribution in [0.15, 0.2) is 18.2 Å². The normalized spacial score (nSPS) is 11.3. The summed E-state index contributed by atoms with van der Waals surface area (Å²) in [5.41, 5.74) is 5.52. The van der Waals surface area contributed by atoms with E-state index in [1.807, 2.05) is 59.7 Å². The summed E-state index contributed by atoms with van der Waals surface area (Å²) in [5, 5.41) is 13.5. The highest BCUT2D eigenvalue weighted by Gasteiger charge is 2.17. The largest absolute Gasteiger partial charge is 0.257 e. The van der Waals surface area contributed by atoms with Crippen LogP contribution in [-0.4, -0.2) is 44.3 Å². The van der Waals surface area contributed by atoms with Crippen LogP contribution in [-0.2, 0) is 0 Å². The van der Waals surface area contributed by atoms with Gasteiger partial charge in [-0.15, -0.1) is 0 Å². The van der Waals surface area contributed by atoms with Gasteiger partial charge in [0.1, 0.15) is 0 Å². The number of aromatic nitrogens is 9. The molecule has 4 rings (SSSR count). The highest BCUT2D eigenvalue weighted by molar-refractivity contribution is 5.30. The van der Waals surface area contributed by atoms with Crippen LogP contribution < -0.4 is 0 Å². The van der Waals surface area contributed by atoms with Gasteiger partial charge in [-0.2, -0.15) is 30.2 Å². The molecule has 0 saturated heterocycles. The summed E-state index contributed by atoms with van der Waals surface area (Å²) in [6.07, 6.45) is 0.